The number of fused-ring (bicyclic) bond motifs is 2. The first kappa shape index (κ1) is 24.9. The lowest BCUT2D eigenvalue weighted by atomic mass is 10.0. The molecule has 6 rings (SSSR count). The maximum absolute atomic E-state index is 15.0. The summed E-state index contributed by atoms with van der Waals surface area (Å²) in [5, 5.41) is 9.90. The van der Waals surface area contributed by atoms with Gasteiger partial charge in [0.05, 0.1) is 24.4 Å². The van der Waals surface area contributed by atoms with Crippen molar-refractivity contribution >= 4 is 26.6 Å². The van der Waals surface area contributed by atoms with E-state index in [0.717, 1.165) is 0 Å². The van der Waals surface area contributed by atoms with Crippen LogP contribution in [-0.4, -0.2) is 74.4 Å². The van der Waals surface area contributed by atoms with E-state index in [-0.39, 0.29) is 30.6 Å². The third-order valence-electron chi connectivity index (χ3n) is 6.40. The highest BCUT2D eigenvalue weighted by atomic mass is 32.2. The molecule has 2 fully saturated rings. The summed E-state index contributed by atoms with van der Waals surface area (Å²) in [4.78, 5) is 11.6. The fourth-order valence-corrected chi connectivity index (χ4v) is 5.32. The quantitative estimate of drug-likeness (QED) is 0.393. The summed E-state index contributed by atoms with van der Waals surface area (Å²) in [5.41, 5.74) is 2.41. The van der Waals surface area contributed by atoms with Gasteiger partial charge in [0.2, 0.25) is 0 Å². The van der Waals surface area contributed by atoms with Crippen molar-refractivity contribution < 1.29 is 32.3 Å². The van der Waals surface area contributed by atoms with Crippen LogP contribution in [0.4, 0.5) is 14.5 Å². The topological polar surface area (TPSA) is 119 Å². The minimum absolute atomic E-state index is 0.0869. The van der Waals surface area contributed by atoms with Crippen LogP contribution in [0.2, 0.25) is 0 Å². The molecule has 2 aromatic carbocycles. The minimum Gasteiger partial charge on any atom is -0.456 e. The molecule has 0 radical (unpaired) electrons. The summed E-state index contributed by atoms with van der Waals surface area (Å²) in [6.07, 6.45) is 0.946. The van der Waals surface area contributed by atoms with Gasteiger partial charge in [-0.05, 0) is 17.7 Å². The van der Waals surface area contributed by atoms with Crippen LogP contribution in [0.3, 0.4) is 0 Å². The van der Waals surface area contributed by atoms with Gasteiger partial charge in [0.25, 0.3) is 6.01 Å². The van der Waals surface area contributed by atoms with Crippen LogP contribution in [0.25, 0.3) is 33.5 Å². The normalized spacial score (nSPS) is 23.1. The van der Waals surface area contributed by atoms with Gasteiger partial charge in [-0.3, -0.25) is 0 Å². The Kier molecular flexibility index (Phi) is 6.14. The number of hydrogen-bond acceptors (Lipinski definition) is 8. The average molecular weight is 543 g/mol. The van der Waals surface area contributed by atoms with Crippen molar-refractivity contribution in [2.75, 3.05) is 25.7 Å². The summed E-state index contributed by atoms with van der Waals surface area (Å²) < 4.78 is 62.6. The molecule has 0 unspecified atom stereocenters. The number of aromatic amines is 1. The molecule has 4 aromatic rings. The Morgan fingerprint density at radius 2 is 1.74 bits per heavy atom. The predicted molar refractivity (Wildman–Crippen MR) is 137 cm³/mol. The number of benzene rings is 2. The van der Waals surface area contributed by atoms with Crippen molar-refractivity contribution in [1.82, 2.24) is 15.0 Å². The Morgan fingerprint density at radius 3 is 2.47 bits per heavy atom. The van der Waals surface area contributed by atoms with E-state index in [0.29, 0.717) is 27.9 Å². The Balaban J connectivity index is 1.24. The molecule has 2 aliphatic heterocycles. The summed E-state index contributed by atoms with van der Waals surface area (Å²) in [6, 6.07) is 12.5. The number of imidazole rings is 1. The number of ether oxygens (including phenoxy) is 3. The van der Waals surface area contributed by atoms with Gasteiger partial charge in [0.15, 0.2) is 17.6 Å². The van der Waals surface area contributed by atoms with Gasteiger partial charge in [-0.2, -0.15) is 9.35 Å². The van der Waals surface area contributed by atoms with Crippen LogP contribution < -0.4 is 4.74 Å². The molecule has 2 aliphatic rings. The van der Waals surface area contributed by atoms with Crippen molar-refractivity contribution in [3.63, 3.8) is 0 Å². The number of nitrogens with zero attached hydrogens (tertiary/aromatic N) is 3. The Morgan fingerprint density at radius 1 is 1.00 bits per heavy atom. The molecule has 2 saturated heterocycles. The lowest BCUT2D eigenvalue weighted by Gasteiger charge is -2.15. The zero-order valence-electron chi connectivity index (χ0n) is 20.4. The van der Waals surface area contributed by atoms with E-state index in [4.69, 9.17) is 14.2 Å². The number of pyridine rings is 1. The van der Waals surface area contributed by atoms with Gasteiger partial charge < -0.3 is 24.3 Å². The monoisotopic (exact) mass is 542 g/mol. The van der Waals surface area contributed by atoms with E-state index in [1.807, 2.05) is 0 Å². The molecule has 38 heavy (non-hydrogen) atoms. The van der Waals surface area contributed by atoms with E-state index >= 15 is 0 Å². The van der Waals surface area contributed by atoms with Crippen molar-refractivity contribution in [3.8, 4) is 28.4 Å². The Bertz CT molecular complexity index is 1640. The van der Waals surface area contributed by atoms with E-state index in [9.17, 15) is 18.1 Å². The number of H-pyrrole nitrogens is 1. The molecule has 0 saturated carbocycles. The summed E-state index contributed by atoms with van der Waals surface area (Å²) in [6.45, 7) is 0.414. The second kappa shape index (κ2) is 9.38. The smallest absolute Gasteiger partial charge is 0.296 e. The molecule has 4 atom stereocenters. The van der Waals surface area contributed by atoms with Crippen molar-refractivity contribution in [2.45, 2.75) is 24.4 Å². The van der Waals surface area contributed by atoms with Crippen molar-refractivity contribution in [2.24, 2.45) is 4.36 Å². The van der Waals surface area contributed by atoms with Gasteiger partial charge in [0, 0.05) is 45.5 Å². The maximum atomic E-state index is 15.0. The van der Waals surface area contributed by atoms with Gasteiger partial charge in [0.1, 0.15) is 29.8 Å². The largest absolute Gasteiger partial charge is 0.456 e. The number of aliphatic hydroxyl groups excluding tert-OH is 1. The van der Waals surface area contributed by atoms with Crippen LogP contribution in [0.1, 0.15) is 0 Å². The van der Waals surface area contributed by atoms with Gasteiger partial charge in [-0.25, -0.2) is 18.0 Å². The van der Waals surface area contributed by atoms with Crippen molar-refractivity contribution in [1.29, 1.82) is 0 Å². The standard InChI is InChI=1S/C26H24F2N4O5S/c1-38(2,34)32-15-7-8-16(17(27)9-15)13-3-5-14(6-4-13)22-18(28)10-19-25(30-22)31-26(29-19)37-21-12-36-23-20(33)11-35-24(21)23/h3-10,20-21,23-24,33H,11-12H2,1-2H3,(H,29,30,31)/t20-,21-,23-,24-/m1/s1. The van der Waals surface area contributed by atoms with Gasteiger partial charge in [-0.15, -0.1) is 0 Å². The molecule has 0 amide bonds. The zero-order chi connectivity index (χ0) is 26.6. The van der Waals surface area contributed by atoms with Gasteiger partial charge in [-0.1, -0.05) is 24.3 Å². The molecule has 4 heterocycles. The first-order chi connectivity index (χ1) is 18.1. The second-order valence-electron chi connectivity index (χ2n) is 9.57. The number of halogens is 2. The Hall–Kier alpha value is -3.45. The van der Waals surface area contributed by atoms with E-state index < -0.39 is 45.8 Å². The molecule has 9 nitrogen and oxygen atoms in total. The molecule has 2 aromatic heterocycles. The molecule has 0 spiro atoms. The van der Waals surface area contributed by atoms with Crippen LogP contribution >= 0.6 is 0 Å². The third-order valence-corrected chi connectivity index (χ3v) is 7.05. The van der Waals surface area contributed by atoms with Crippen LogP contribution in [0.5, 0.6) is 6.01 Å². The highest BCUT2D eigenvalue weighted by Gasteiger charge is 2.48. The van der Waals surface area contributed by atoms with Crippen LogP contribution in [0, 0.1) is 11.6 Å². The number of aromatic nitrogens is 3. The lowest BCUT2D eigenvalue weighted by molar-refractivity contribution is 0.00706. The number of aliphatic hydroxyl groups is 1. The van der Waals surface area contributed by atoms with E-state index in [1.165, 1.54) is 24.6 Å². The number of rotatable bonds is 5. The molecule has 2 N–H and O–H groups in total. The highest BCUT2D eigenvalue weighted by molar-refractivity contribution is 7.92. The third kappa shape index (κ3) is 4.75. The van der Waals surface area contributed by atoms with Crippen LogP contribution in [-0.2, 0) is 19.2 Å². The fourth-order valence-electron chi connectivity index (χ4n) is 4.70. The predicted octanol–water partition coefficient (Wildman–Crippen LogP) is 3.84. The van der Waals surface area contributed by atoms with Crippen molar-refractivity contribution in [3.05, 3.63) is 60.2 Å². The molecule has 0 aliphatic carbocycles. The molecular formula is C26H24F2N4O5S. The molecule has 12 heteroatoms. The SMILES string of the molecule is CS(C)(=O)=Nc1ccc(-c2ccc(-c3nc4nc(O[C@@H]5CO[C@H]6[C@@H]5OC[C@H]6O)[nH]c4cc3F)cc2)c(F)c1. The maximum Gasteiger partial charge on any atom is 0.296 e. The Labute approximate surface area is 217 Å². The molecule has 0 bridgehead atoms. The first-order valence-electron chi connectivity index (χ1n) is 11.9. The fraction of sp³-hybridized carbons (Fsp3) is 0.308. The second-order valence-corrected chi connectivity index (χ2v) is 12.1. The van der Waals surface area contributed by atoms with E-state index in [1.54, 1.807) is 36.4 Å². The summed E-state index contributed by atoms with van der Waals surface area (Å²) in [5.74, 6) is -1.07. The molecule has 198 valence electrons. The summed E-state index contributed by atoms with van der Waals surface area (Å²) in [7, 11) is -2.41. The van der Waals surface area contributed by atoms with Gasteiger partial charge >= 0.3 is 0 Å². The first-order valence-corrected chi connectivity index (χ1v) is 14.2. The van der Waals surface area contributed by atoms with Crippen LogP contribution in [0.15, 0.2) is 52.9 Å². The highest BCUT2D eigenvalue weighted by Crippen LogP contribution is 2.32. The number of hydrogen-bond donors (Lipinski definition) is 2. The minimum atomic E-state index is -2.41. The number of nitrogens with one attached hydrogen (secondary N) is 1. The lowest BCUT2D eigenvalue weighted by Crippen LogP contribution is -2.34. The average Bonchev–Trinajstić information content (AvgIpc) is 3.54. The zero-order valence-corrected chi connectivity index (χ0v) is 21.2. The summed E-state index contributed by atoms with van der Waals surface area (Å²) >= 11 is 0. The van der Waals surface area contributed by atoms with E-state index in [2.05, 4.69) is 19.3 Å². The molecular weight excluding hydrogens is 518 g/mol.